The zero-order chi connectivity index (χ0) is 16.1. The van der Waals surface area contributed by atoms with Gasteiger partial charge in [0.15, 0.2) is 6.61 Å². The number of carbonyl (C=O) groups excluding carboxylic acids is 1. The van der Waals surface area contributed by atoms with Crippen molar-refractivity contribution in [2.75, 3.05) is 6.61 Å². The number of benzene rings is 1. The molecule has 22 heavy (non-hydrogen) atoms. The zero-order valence-electron chi connectivity index (χ0n) is 11.4. The van der Waals surface area contributed by atoms with Crippen LogP contribution in [0.25, 0.3) is 0 Å². The topological polar surface area (TPSA) is 63.8 Å². The molecule has 1 amide bonds. The van der Waals surface area contributed by atoms with Gasteiger partial charge < -0.3 is 9.15 Å². The SMILES string of the molecule is Cc1ccc(/C=N/NC(=O)COc2c(Br)cc(Br)cc2Br)o1. The molecule has 1 aromatic carbocycles. The number of nitrogens with one attached hydrogen (secondary N) is 1. The first-order valence-corrected chi connectivity index (χ1v) is 8.49. The first kappa shape index (κ1) is 17.2. The summed E-state index contributed by atoms with van der Waals surface area (Å²) in [4.78, 5) is 11.7. The standard InChI is InChI=1S/C14H11Br3N2O3/c1-8-2-3-10(22-8)6-18-19-13(20)7-21-14-11(16)4-9(15)5-12(14)17/h2-6H,7H2,1H3,(H,19,20)/b18-6+. The molecule has 5 nitrogen and oxygen atoms in total. The van der Waals surface area contributed by atoms with Crippen LogP contribution in [0.4, 0.5) is 0 Å². The van der Waals surface area contributed by atoms with E-state index >= 15 is 0 Å². The maximum absolute atomic E-state index is 11.7. The van der Waals surface area contributed by atoms with Crippen LogP contribution in [0.2, 0.25) is 0 Å². The van der Waals surface area contributed by atoms with Crippen LogP contribution in [-0.4, -0.2) is 18.7 Å². The Morgan fingerprint density at radius 3 is 2.59 bits per heavy atom. The highest BCUT2D eigenvalue weighted by Gasteiger charge is 2.10. The molecule has 0 fully saturated rings. The average molecular weight is 495 g/mol. The minimum atomic E-state index is -0.374. The summed E-state index contributed by atoms with van der Waals surface area (Å²) in [5.41, 5.74) is 2.37. The Hall–Kier alpha value is -1.12. The normalized spacial score (nSPS) is 10.9. The quantitative estimate of drug-likeness (QED) is 0.495. The highest BCUT2D eigenvalue weighted by molar-refractivity contribution is 9.11. The highest BCUT2D eigenvalue weighted by atomic mass is 79.9. The Balaban J connectivity index is 1.87. The lowest BCUT2D eigenvalue weighted by Crippen LogP contribution is -2.24. The predicted molar refractivity (Wildman–Crippen MR) is 94.2 cm³/mol. The molecule has 0 saturated carbocycles. The van der Waals surface area contributed by atoms with Gasteiger partial charge in [-0.2, -0.15) is 5.10 Å². The summed E-state index contributed by atoms with van der Waals surface area (Å²) in [6.07, 6.45) is 1.43. The smallest absolute Gasteiger partial charge is 0.277 e. The van der Waals surface area contributed by atoms with Gasteiger partial charge in [0.05, 0.1) is 15.2 Å². The van der Waals surface area contributed by atoms with Gasteiger partial charge in [0, 0.05) is 4.47 Å². The fraction of sp³-hybridized carbons (Fsp3) is 0.143. The predicted octanol–water partition coefficient (Wildman–Crippen LogP) is 4.40. The van der Waals surface area contributed by atoms with E-state index in [-0.39, 0.29) is 12.5 Å². The fourth-order valence-corrected chi connectivity index (χ4v) is 4.02. The number of furan rings is 1. The molecule has 0 bridgehead atoms. The maximum Gasteiger partial charge on any atom is 0.277 e. The number of halogens is 3. The van der Waals surface area contributed by atoms with Gasteiger partial charge in [-0.15, -0.1) is 0 Å². The van der Waals surface area contributed by atoms with Gasteiger partial charge in [0.1, 0.15) is 17.3 Å². The number of aryl methyl sites for hydroxylation is 1. The van der Waals surface area contributed by atoms with Crippen molar-refractivity contribution in [1.29, 1.82) is 0 Å². The molecule has 1 aromatic heterocycles. The van der Waals surface area contributed by atoms with Crippen LogP contribution >= 0.6 is 47.8 Å². The van der Waals surface area contributed by atoms with Crippen LogP contribution in [0.1, 0.15) is 11.5 Å². The van der Waals surface area contributed by atoms with E-state index in [1.807, 2.05) is 25.1 Å². The van der Waals surface area contributed by atoms with Crippen molar-refractivity contribution in [2.24, 2.45) is 5.10 Å². The molecule has 0 aliphatic carbocycles. The molecule has 0 saturated heterocycles. The van der Waals surface area contributed by atoms with Crippen LogP contribution in [0.3, 0.4) is 0 Å². The van der Waals surface area contributed by atoms with Crippen molar-refractivity contribution in [3.8, 4) is 5.75 Å². The van der Waals surface area contributed by atoms with Crippen molar-refractivity contribution in [2.45, 2.75) is 6.92 Å². The second-order valence-corrected chi connectivity index (χ2v) is 6.85. The van der Waals surface area contributed by atoms with E-state index < -0.39 is 0 Å². The Morgan fingerprint density at radius 1 is 1.32 bits per heavy atom. The third kappa shape index (κ3) is 4.96. The summed E-state index contributed by atoms with van der Waals surface area (Å²) in [6, 6.07) is 7.23. The number of nitrogens with zero attached hydrogens (tertiary/aromatic N) is 1. The first-order chi connectivity index (χ1) is 10.5. The number of carbonyl (C=O) groups is 1. The van der Waals surface area contributed by atoms with E-state index in [9.17, 15) is 4.79 Å². The molecule has 0 spiro atoms. The van der Waals surface area contributed by atoms with Crippen LogP contribution in [0.15, 0.2) is 47.2 Å². The number of hydrogen-bond donors (Lipinski definition) is 1. The molecule has 0 radical (unpaired) electrons. The van der Waals surface area contributed by atoms with Gasteiger partial charge in [-0.05, 0) is 63.0 Å². The summed E-state index contributed by atoms with van der Waals surface area (Å²) in [6.45, 7) is 1.67. The van der Waals surface area contributed by atoms with Gasteiger partial charge in [0.2, 0.25) is 0 Å². The second kappa shape index (κ2) is 7.94. The number of rotatable bonds is 5. The van der Waals surface area contributed by atoms with Crippen molar-refractivity contribution >= 4 is 59.9 Å². The van der Waals surface area contributed by atoms with E-state index in [1.54, 1.807) is 6.07 Å². The number of ether oxygens (including phenoxy) is 1. The molecule has 1 N–H and O–H groups in total. The molecule has 2 aromatic rings. The molecule has 0 unspecified atom stereocenters. The van der Waals surface area contributed by atoms with Crippen LogP contribution in [-0.2, 0) is 4.79 Å². The lowest BCUT2D eigenvalue weighted by Gasteiger charge is -2.09. The third-order valence-electron chi connectivity index (χ3n) is 2.45. The average Bonchev–Trinajstić information content (AvgIpc) is 2.83. The molecule has 1 heterocycles. The molecule has 0 atom stereocenters. The molecule has 0 aliphatic heterocycles. The summed E-state index contributed by atoms with van der Waals surface area (Å²) in [5, 5.41) is 3.80. The Kier molecular flexibility index (Phi) is 6.22. The third-order valence-corrected chi connectivity index (χ3v) is 4.09. The van der Waals surface area contributed by atoms with Crippen LogP contribution < -0.4 is 10.2 Å². The monoisotopic (exact) mass is 492 g/mol. The maximum atomic E-state index is 11.7. The van der Waals surface area contributed by atoms with Crippen molar-refractivity contribution in [3.63, 3.8) is 0 Å². The van der Waals surface area contributed by atoms with E-state index in [2.05, 4.69) is 58.3 Å². The Morgan fingerprint density at radius 2 is 2.00 bits per heavy atom. The van der Waals surface area contributed by atoms with Gasteiger partial charge in [0.25, 0.3) is 5.91 Å². The molecule has 0 aliphatic rings. The molecule has 2 rings (SSSR count). The minimum Gasteiger partial charge on any atom is -0.481 e. The van der Waals surface area contributed by atoms with Gasteiger partial charge in [-0.1, -0.05) is 15.9 Å². The highest BCUT2D eigenvalue weighted by Crippen LogP contribution is 2.36. The van der Waals surface area contributed by atoms with Crippen LogP contribution in [0, 0.1) is 6.92 Å². The van der Waals surface area contributed by atoms with Crippen molar-refractivity contribution in [3.05, 3.63) is 49.2 Å². The molecular formula is C14H11Br3N2O3. The number of amides is 1. The van der Waals surface area contributed by atoms with Crippen molar-refractivity contribution < 1.29 is 13.9 Å². The fourth-order valence-electron chi connectivity index (χ4n) is 1.53. The van der Waals surface area contributed by atoms with E-state index in [0.29, 0.717) is 11.5 Å². The van der Waals surface area contributed by atoms with E-state index in [4.69, 9.17) is 9.15 Å². The van der Waals surface area contributed by atoms with Gasteiger partial charge in [-0.3, -0.25) is 4.79 Å². The van der Waals surface area contributed by atoms with Gasteiger partial charge >= 0.3 is 0 Å². The second-order valence-electron chi connectivity index (χ2n) is 4.23. The minimum absolute atomic E-state index is 0.159. The number of hydrazone groups is 1. The lowest BCUT2D eigenvalue weighted by molar-refractivity contribution is -0.123. The zero-order valence-corrected chi connectivity index (χ0v) is 16.2. The largest absolute Gasteiger partial charge is 0.481 e. The summed E-state index contributed by atoms with van der Waals surface area (Å²) in [5.74, 6) is 1.52. The summed E-state index contributed by atoms with van der Waals surface area (Å²) >= 11 is 10.1. The Bertz CT molecular complexity index is 690. The van der Waals surface area contributed by atoms with E-state index in [0.717, 1.165) is 19.2 Å². The van der Waals surface area contributed by atoms with Gasteiger partial charge in [-0.25, -0.2) is 5.43 Å². The summed E-state index contributed by atoms with van der Waals surface area (Å²) in [7, 11) is 0. The van der Waals surface area contributed by atoms with Crippen LogP contribution in [0.5, 0.6) is 5.75 Å². The van der Waals surface area contributed by atoms with E-state index in [1.165, 1.54) is 6.21 Å². The molecule has 116 valence electrons. The molecule has 8 heteroatoms. The Labute approximate surface area is 152 Å². The van der Waals surface area contributed by atoms with Crippen molar-refractivity contribution in [1.82, 2.24) is 5.43 Å². The first-order valence-electron chi connectivity index (χ1n) is 6.11. The molecular weight excluding hydrogens is 484 g/mol. The lowest BCUT2D eigenvalue weighted by atomic mass is 10.3. The summed E-state index contributed by atoms with van der Waals surface area (Å²) < 4.78 is 13.1. The number of hydrogen-bond acceptors (Lipinski definition) is 4.